The Morgan fingerprint density at radius 1 is 1.59 bits per heavy atom. The van der Waals surface area contributed by atoms with Crippen molar-refractivity contribution in [1.82, 2.24) is 9.97 Å². The Balaban J connectivity index is 2.02. The Morgan fingerprint density at radius 3 is 3.14 bits per heavy atom. The number of aliphatic hydroxyl groups excluding tert-OH is 1. The van der Waals surface area contributed by atoms with Crippen molar-refractivity contribution in [2.45, 2.75) is 25.3 Å². The molecule has 1 saturated heterocycles. The van der Waals surface area contributed by atoms with Crippen LogP contribution >= 0.6 is 11.3 Å². The van der Waals surface area contributed by atoms with E-state index in [0.29, 0.717) is 24.6 Å². The van der Waals surface area contributed by atoms with E-state index >= 15 is 0 Å². The second kappa shape index (κ2) is 6.30. The average molecular weight is 316 g/mol. The van der Waals surface area contributed by atoms with E-state index in [-0.39, 0.29) is 18.2 Å². The molecule has 22 heavy (non-hydrogen) atoms. The molecule has 0 spiro atoms. The summed E-state index contributed by atoms with van der Waals surface area (Å²) in [6, 6.07) is 3.85. The molecule has 1 atom stereocenters. The summed E-state index contributed by atoms with van der Waals surface area (Å²) in [5.41, 5.74) is 0.680. The van der Waals surface area contributed by atoms with Gasteiger partial charge in [-0.15, -0.1) is 0 Å². The van der Waals surface area contributed by atoms with Crippen LogP contribution in [-0.2, 0) is 6.42 Å². The van der Waals surface area contributed by atoms with Gasteiger partial charge in [-0.1, -0.05) is 0 Å². The number of nitriles is 1. The zero-order chi connectivity index (χ0) is 15.5. The highest BCUT2D eigenvalue weighted by atomic mass is 32.1. The van der Waals surface area contributed by atoms with Crippen molar-refractivity contribution in [3.05, 3.63) is 44.1 Å². The topological polar surface area (TPSA) is 93.0 Å². The highest BCUT2D eigenvalue weighted by Gasteiger charge is 2.28. The van der Waals surface area contributed by atoms with Crippen molar-refractivity contribution in [2.75, 3.05) is 18.1 Å². The smallest absolute Gasteiger partial charge is 0.271 e. The van der Waals surface area contributed by atoms with Crippen molar-refractivity contribution >= 4 is 17.2 Å². The van der Waals surface area contributed by atoms with E-state index in [4.69, 9.17) is 0 Å². The number of aromatic amines is 1. The third-order valence-corrected chi connectivity index (χ3v) is 4.60. The first-order chi connectivity index (χ1) is 10.7. The predicted octanol–water partition coefficient (Wildman–Crippen LogP) is 1.25. The van der Waals surface area contributed by atoms with Crippen LogP contribution in [0.5, 0.6) is 0 Å². The third-order valence-electron chi connectivity index (χ3n) is 3.87. The van der Waals surface area contributed by atoms with Gasteiger partial charge < -0.3 is 15.0 Å². The number of rotatable bonds is 4. The van der Waals surface area contributed by atoms with E-state index in [2.05, 4.69) is 9.97 Å². The first-order valence-corrected chi connectivity index (χ1v) is 8.09. The molecule has 3 heterocycles. The number of hydrogen-bond donors (Lipinski definition) is 2. The molecule has 0 amide bonds. The zero-order valence-electron chi connectivity index (χ0n) is 12.0. The maximum Gasteiger partial charge on any atom is 0.271 e. The highest BCUT2D eigenvalue weighted by molar-refractivity contribution is 7.07. The van der Waals surface area contributed by atoms with E-state index < -0.39 is 5.56 Å². The Labute approximate surface area is 131 Å². The lowest BCUT2D eigenvalue weighted by Crippen LogP contribution is -2.35. The van der Waals surface area contributed by atoms with E-state index in [1.165, 1.54) is 0 Å². The molecule has 1 aliphatic heterocycles. The molecule has 0 aromatic carbocycles. The van der Waals surface area contributed by atoms with Crippen LogP contribution in [0.3, 0.4) is 0 Å². The molecule has 2 aromatic rings. The molecule has 1 fully saturated rings. The summed E-state index contributed by atoms with van der Waals surface area (Å²) in [5, 5.41) is 22.7. The summed E-state index contributed by atoms with van der Waals surface area (Å²) in [5.74, 6) is 0.939. The second-order valence-electron chi connectivity index (χ2n) is 5.30. The van der Waals surface area contributed by atoms with Gasteiger partial charge in [-0.3, -0.25) is 4.79 Å². The van der Waals surface area contributed by atoms with E-state index in [1.807, 2.05) is 27.8 Å². The molecule has 7 heteroatoms. The van der Waals surface area contributed by atoms with E-state index in [0.717, 1.165) is 18.4 Å². The van der Waals surface area contributed by atoms with Crippen LogP contribution < -0.4 is 10.5 Å². The first kappa shape index (κ1) is 14.8. The van der Waals surface area contributed by atoms with Crippen molar-refractivity contribution in [3.63, 3.8) is 0 Å². The van der Waals surface area contributed by atoms with Crippen LogP contribution in [0, 0.1) is 11.3 Å². The SMILES string of the molecule is N#Cc1c(N2CCC[C@H]2CO)nc(Cc2ccsc2)[nH]c1=O. The predicted molar refractivity (Wildman–Crippen MR) is 84.2 cm³/mol. The molecule has 0 radical (unpaired) electrons. The fourth-order valence-electron chi connectivity index (χ4n) is 2.79. The minimum Gasteiger partial charge on any atom is -0.394 e. The minimum absolute atomic E-state index is 0.000782. The molecule has 1 aliphatic rings. The largest absolute Gasteiger partial charge is 0.394 e. The lowest BCUT2D eigenvalue weighted by molar-refractivity contribution is 0.266. The molecule has 6 nitrogen and oxygen atoms in total. The van der Waals surface area contributed by atoms with Gasteiger partial charge in [0, 0.05) is 13.0 Å². The van der Waals surface area contributed by atoms with Crippen LogP contribution in [-0.4, -0.2) is 34.3 Å². The Hall–Kier alpha value is -2.17. The standard InChI is InChI=1S/C15H16N4O2S/c16-7-12-14(19-4-1-2-11(19)8-20)17-13(18-15(12)21)6-10-3-5-22-9-10/h3,5,9,11,20H,1-2,4,6,8H2,(H,17,18,21)/t11-/m0/s1. The van der Waals surface area contributed by atoms with Gasteiger partial charge in [0.1, 0.15) is 11.9 Å². The van der Waals surface area contributed by atoms with Gasteiger partial charge >= 0.3 is 0 Å². The quantitative estimate of drug-likeness (QED) is 0.885. The van der Waals surface area contributed by atoms with Crippen LogP contribution in [0.2, 0.25) is 0 Å². The van der Waals surface area contributed by atoms with Gasteiger partial charge in [-0.2, -0.15) is 16.6 Å². The van der Waals surface area contributed by atoms with Gasteiger partial charge in [0.15, 0.2) is 11.4 Å². The van der Waals surface area contributed by atoms with Gasteiger partial charge in [0.05, 0.1) is 12.6 Å². The summed E-state index contributed by atoms with van der Waals surface area (Å²) >= 11 is 1.59. The molecule has 0 bridgehead atoms. The molecular formula is C15H16N4O2S. The molecule has 0 aliphatic carbocycles. The highest BCUT2D eigenvalue weighted by Crippen LogP contribution is 2.25. The van der Waals surface area contributed by atoms with Crippen molar-refractivity contribution in [2.24, 2.45) is 0 Å². The van der Waals surface area contributed by atoms with Gasteiger partial charge in [0.2, 0.25) is 0 Å². The second-order valence-corrected chi connectivity index (χ2v) is 6.08. The normalized spacial score (nSPS) is 17.6. The summed E-state index contributed by atoms with van der Waals surface area (Å²) < 4.78 is 0. The molecule has 114 valence electrons. The van der Waals surface area contributed by atoms with Crippen molar-refractivity contribution in [1.29, 1.82) is 5.26 Å². The zero-order valence-corrected chi connectivity index (χ0v) is 12.8. The van der Waals surface area contributed by atoms with Crippen molar-refractivity contribution < 1.29 is 5.11 Å². The number of anilines is 1. The summed E-state index contributed by atoms with van der Waals surface area (Å²) in [7, 11) is 0. The van der Waals surface area contributed by atoms with Gasteiger partial charge in [-0.05, 0) is 35.2 Å². The number of thiophene rings is 1. The number of aliphatic hydroxyl groups is 1. The molecule has 2 N–H and O–H groups in total. The maximum atomic E-state index is 12.2. The number of nitrogens with one attached hydrogen (secondary N) is 1. The van der Waals surface area contributed by atoms with Crippen LogP contribution in [0.15, 0.2) is 21.6 Å². The Kier molecular flexibility index (Phi) is 4.22. The molecule has 0 saturated carbocycles. The molecule has 0 unspecified atom stereocenters. The van der Waals surface area contributed by atoms with E-state index in [1.54, 1.807) is 11.3 Å². The fourth-order valence-corrected chi connectivity index (χ4v) is 3.46. The molecular weight excluding hydrogens is 300 g/mol. The van der Waals surface area contributed by atoms with Gasteiger partial charge in [-0.25, -0.2) is 4.98 Å². The number of hydrogen-bond acceptors (Lipinski definition) is 6. The Bertz CT molecular complexity index is 748. The van der Waals surface area contributed by atoms with E-state index in [9.17, 15) is 15.2 Å². The number of nitrogens with zero attached hydrogens (tertiary/aromatic N) is 3. The maximum absolute atomic E-state index is 12.2. The molecule has 2 aromatic heterocycles. The van der Waals surface area contributed by atoms with Crippen LogP contribution in [0.25, 0.3) is 0 Å². The lowest BCUT2D eigenvalue weighted by atomic mass is 10.2. The van der Waals surface area contributed by atoms with Crippen LogP contribution in [0.1, 0.15) is 29.8 Å². The number of H-pyrrole nitrogens is 1. The minimum atomic E-state index is -0.415. The average Bonchev–Trinajstić information content (AvgIpc) is 3.17. The van der Waals surface area contributed by atoms with Crippen molar-refractivity contribution in [3.8, 4) is 6.07 Å². The summed E-state index contributed by atoms with van der Waals surface area (Å²) in [4.78, 5) is 21.2. The monoisotopic (exact) mass is 316 g/mol. The summed E-state index contributed by atoms with van der Waals surface area (Å²) in [6.45, 7) is 0.702. The molecule has 3 rings (SSSR count). The third kappa shape index (κ3) is 2.75. The Morgan fingerprint density at radius 2 is 2.45 bits per heavy atom. The first-order valence-electron chi connectivity index (χ1n) is 7.14. The fraction of sp³-hybridized carbons (Fsp3) is 0.400. The summed E-state index contributed by atoms with van der Waals surface area (Å²) in [6.07, 6.45) is 2.29. The lowest BCUT2D eigenvalue weighted by Gasteiger charge is -2.25. The number of aromatic nitrogens is 2. The van der Waals surface area contributed by atoms with Gasteiger partial charge in [0.25, 0.3) is 5.56 Å². The van der Waals surface area contributed by atoms with Crippen LogP contribution in [0.4, 0.5) is 5.82 Å².